The van der Waals surface area contributed by atoms with Crippen molar-refractivity contribution in [2.24, 2.45) is 0 Å². The maximum atomic E-state index is 13.3. The van der Waals surface area contributed by atoms with Gasteiger partial charge in [0.15, 0.2) is 11.5 Å². The van der Waals surface area contributed by atoms with Gasteiger partial charge in [-0.3, -0.25) is 9.59 Å². The molecule has 29 heavy (non-hydrogen) atoms. The summed E-state index contributed by atoms with van der Waals surface area (Å²) in [4.78, 5) is 30.7. The van der Waals surface area contributed by atoms with E-state index in [1.54, 1.807) is 0 Å². The largest absolute Gasteiger partial charge is 0.423 e. The molecule has 0 fully saturated rings. The molecule has 0 aliphatic rings. The summed E-state index contributed by atoms with van der Waals surface area (Å²) in [5.74, 6) is -1.42. The molecule has 0 aliphatic heterocycles. The third-order valence-electron chi connectivity index (χ3n) is 3.69. The van der Waals surface area contributed by atoms with Crippen LogP contribution in [0.4, 0.5) is 24.7 Å². The summed E-state index contributed by atoms with van der Waals surface area (Å²) in [5.41, 5.74) is -0.819. The van der Waals surface area contributed by atoms with Crippen molar-refractivity contribution in [3.05, 3.63) is 48.3 Å². The minimum atomic E-state index is -4.57. The fourth-order valence-electron chi connectivity index (χ4n) is 2.60. The lowest BCUT2D eigenvalue weighted by Crippen LogP contribution is -2.10. The second kappa shape index (κ2) is 7.74. The maximum absolute atomic E-state index is 13.3. The van der Waals surface area contributed by atoms with Crippen LogP contribution in [0, 0.1) is 0 Å². The number of para-hydroxylation sites is 1. The van der Waals surface area contributed by atoms with Crippen LogP contribution < -0.4 is 14.8 Å². The van der Waals surface area contributed by atoms with Crippen LogP contribution >= 0.6 is 0 Å². The maximum Gasteiger partial charge on any atom is 0.418 e. The standard InChI is InChI=1S/C19H14F3N3O4/c1-10(26)28-16-7-12-15(8-17(16)29-11(2)27)23-9-24-18(12)25-14-6-4-3-5-13(14)19(20,21)22/h3-9H,1-2H3,(H,23,24,25). The number of esters is 2. The Labute approximate surface area is 162 Å². The highest BCUT2D eigenvalue weighted by molar-refractivity contribution is 5.94. The van der Waals surface area contributed by atoms with E-state index in [9.17, 15) is 22.8 Å². The highest BCUT2D eigenvalue weighted by Crippen LogP contribution is 2.38. The Balaban J connectivity index is 2.13. The zero-order chi connectivity index (χ0) is 21.2. The summed E-state index contributed by atoms with van der Waals surface area (Å²) >= 11 is 0. The van der Waals surface area contributed by atoms with Crippen molar-refractivity contribution < 1.29 is 32.2 Å². The number of rotatable bonds is 4. The smallest absolute Gasteiger partial charge is 0.418 e. The van der Waals surface area contributed by atoms with E-state index in [1.807, 2.05) is 0 Å². The van der Waals surface area contributed by atoms with Crippen molar-refractivity contribution in [2.75, 3.05) is 5.32 Å². The van der Waals surface area contributed by atoms with Gasteiger partial charge in [0.25, 0.3) is 0 Å². The summed E-state index contributed by atoms with van der Waals surface area (Å²) in [6.45, 7) is 2.32. The van der Waals surface area contributed by atoms with Crippen LogP contribution in [0.25, 0.3) is 10.9 Å². The van der Waals surface area contributed by atoms with Crippen LogP contribution in [0.15, 0.2) is 42.7 Å². The highest BCUT2D eigenvalue weighted by atomic mass is 19.4. The van der Waals surface area contributed by atoms with E-state index in [4.69, 9.17) is 9.47 Å². The molecule has 0 aliphatic carbocycles. The predicted molar refractivity (Wildman–Crippen MR) is 96.9 cm³/mol. The number of ether oxygens (including phenoxy) is 2. The number of hydrogen-bond donors (Lipinski definition) is 1. The summed E-state index contributed by atoms with van der Waals surface area (Å²) in [6, 6.07) is 7.57. The lowest BCUT2D eigenvalue weighted by Gasteiger charge is -2.15. The molecule has 150 valence electrons. The van der Waals surface area contributed by atoms with Gasteiger partial charge in [-0.2, -0.15) is 13.2 Å². The number of halogens is 3. The van der Waals surface area contributed by atoms with Gasteiger partial charge < -0.3 is 14.8 Å². The van der Waals surface area contributed by atoms with Crippen molar-refractivity contribution in [3.63, 3.8) is 0 Å². The van der Waals surface area contributed by atoms with Gasteiger partial charge in [0, 0.05) is 25.3 Å². The first kappa shape index (κ1) is 20.1. The second-order valence-electron chi connectivity index (χ2n) is 5.89. The molecule has 1 heterocycles. The molecule has 0 unspecified atom stereocenters. The molecule has 2 aromatic carbocycles. The van der Waals surface area contributed by atoms with Gasteiger partial charge in [0.2, 0.25) is 0 Å². The molecule has 1 aromatic heterocycles. The number of fused-ring (bicyclic) bond motifs is 1. The minimum Gasteiger partial charge on any atom is -0.423 e. The van der Waals surface area contributed by atoms with Gasteiger partial charge in [-0.05, 0) is 18.2 Å². The first-order valence-corrected chi connectivity index (χ1v) is 8.24. The van der Waals surface area contributed by atoms with Crippen molar-refractivity contribution in [1.29, 1.82) is 0 Å². The zero-order valence-electron chi connectivity index (χ0n) is 15.2. The number of alkyl halides is 3. The van der Waals surface area contributed by atoms with E-state index < -0.39 is 23.7 Å². The average molecular weight is 405 g/mol. The van der Waals surface area contributed by atoms with Gasteiger partial charge in [-0.1, -0.05) is 12.1 Å². The number of nitrogens with zero attached hydrogens (tertiary/aromatic N) is 2. The zero-order valence-corrected chi connectivity index (χ0v) is 15.2. The van der Waals surface area contributed by atoms with Crippen molar-refractivity contribution in [3.8, 4) is 11.5 Å². The van der Waals surface area contributed by atoms with Crippen LogP contribution in [-0.4, -0.2) is 21.9 Å². The Morgan fingerprint density at radius 3 is 2.21 bits per heavy atom. The number of hydrogen-bond acceptors (Lipinski definition) is 7. The molecule has 0 atom stereocenters. The van der Waals surface area contributed by atoms with Crippen LogP contribution in [0.2, 0.25) is 0 Å². The lowest BCUT2D eigenvalue weighted by molar-refractivity contribution is -0.137. The van der Waals surface area contributed by atoms with Gasteiger partial charge in [-0.25, -0.2) is 9.97 Å². The molecule has 3 rings (SSSR count). The molecule has 0 radical (unpaired) electrons. The fraction of sp³-hybridized carbons (Fsp3) is 0.158. The highest BCUT2D eigenvalue weighted by Gasteiger charge is 2.33. The number of carbonyl (C=O) groups excluding carboxylic acids is 2. The number of carbonyl (C=O) groups is 2. The minimum absolute atomic E-state index is 0.0504. The predicted octanol–water partition coefficient (Wildman–Crippen LogP) is 4.24. The van der Waals surface area contributed by atoms with Crippen molar-refractivity contribution in [1.82, 2.24) is 9.97 Å². The van der Waals surface area contributed by atoms with Crippen molar-refractivity contribution >= 4 is 34.3 Å². The van der Waals surface area contributed by atoms with E-state index in [0.29, 0.717) is 0 Å². The molecule has 0 bridgehead atoms. The van der Waals surface area contributed by atoms with E-state index >= 15 is 0 Å². The Morgan fingerprint density at radius 1 is 0.966 bits per heavy atom. The third-order valence-corrected chi connectivity index (χ3v) is 3.69. The Morgan fingerprint density at radius 2 is 1.59 bits per heavy atom. The molecule has 0 spiro atoms. The molecular formula is C19H14F3N3O4. The van der Waals surface area contributed by atoms with E-state index in [1.165, 1.54) is 37.3 Å². The van der Waals surface area contributed by atoms with Crippen molar-refractivity contribution in [2.45, 2.75) is 20.0 Å². The lowest BCUT2D eigenvalue weighted by atomic mass is 10.1. The van der Waals surface area contributed by atoms with Gasteiger partial charge in [0.1, 0.15) is 12.1 Å². The molecule has 0 amide bonds. The number of benzene rings is 2. The third kappa shape index (κ3) is 4.60. The average Bonchev–Trinajstić information content (AvgIpc) is 2.61. The van der Waals surface area contributed by atoms with Gasteiger partial charge in [0.05, 0.1) is 16.8 Å². The quantitative estimate of drug-likeness (QED) is 0.513. The summed E-state index contributed by atoms with van der Waals surface area (Å²) in [7, 11) is 0. The summed E-state index contributed by atoms with van der Waals surface area (Å²) < 4.78 is 49.9. The van der Waals surface area contributed by atoms with E-state index in [2.05, 4.69) is 15.3 Å². The first-order valence-electron chi connectivity index (χ1n) is 8.24. The van der Waals surface area contributed by atoms with E-state index in [0.717, 1.165) is 19.3 Å². The van der Waals surface area contributed by atoms with Gasteiger partial charge in [-0.15, -0.1) is 0 Å². The molecule has 7 nitrogen and oxygen atoms in total. The second-order valence-corrected chi connectivity index (χ2v) is 5.89. The Hall–Kier alpha value is -3.69. The summed E-state index contributed by atoms with van der Waals surface area (Å²) in [5, 5.41) is 2.90. The number of nitrogens with one attached hydrogen (secondary N) is 1. The molecular weight excluding hydrogens is 391 g/mol. The molecule has 0 saturated carbocycles. The fourth-order valence-corrected chi connectivity index (χ4v) is 2.60. The normalized spacial score (nSPS) is 11.2. The van der Waals surface area contributed by atoms with Gasteiger partial charge >= 0.3 is 18.1 Å². The molecule has 3 aromatic rings. The first-order chi connectivity index (χ1) is 13.6. The van der Waals surface area contributed by atoms with Crippen LogP contribution in [0.3, 0.4) is 0 Å². The SMILES string of the molecule is CC(=O)Oc1cc2ncnc(Nc3ccccc3C(F)(F)F)c2cc1OC(C)=O. The van der Waals surface area contributed by atoms with Crippen LogP contribution in [-0.2, 0) is 15.8 Å². The summed E-state index contributed by atoms with van der Waals surface area (Å²) in [6.07, 6.45) is -3.43. The van der Waals surface area contributed by atoms with Crippen LogP contribution in [0.5, 0.6) is 11.5 Å². The Bertz CT molecular complexity index is 1100. The topological polar surface area (TPSA) is 90.4 Å². The molecule has 1 N–H and O–H groups in total. The number of anilines is 2. The molecule has 0 saturated heterocycles. The molecule has 10 heteroatoms. The number of aromatic nitrogens is 2. The Kier molecular flexibility index (Phi) is 5.35. The van der Waals surface area contributed by atoms with Crippen LogP contribution in [0.1, 0.15) is 19.4 Å². The van der Waals surface area contributed by atoms with E-state index in [-0.39, 0.29) is 33.9 Å². The monoisotopic (exact) mass is 405 g/mol.